The summed E-state index contributed by atoms with van der Waals surface area (Å²) >= 11 is 8.39. The van der Waals surface area contributed by atoms with Crippen LogP contribution in [-0.4, -0.2) is 137 Å². The summed E-state index contributed by atoms with van der Waals surface area (Å²) in [6, 6.07) is 5.13. The third-order valence-corrected chi connectivity index (χ3v) is 15.7. The van der Waals surface area contributed by atoms with Crippen LogP contribution in [-0.2, 0) is 9.59 Å². The number of amides is 1. The molecule has 1 amide bonds. The molecule has 2 aromatic heterocycles. The Morgan fingerprint density at radius 1 is 1.00 bits per heavy atom. The molecule has 64 heavy (non-hydrogen) atoms. The van der Waals surface area contributed by atoms with Crippen LogP contribution in [0.2, 0.25) is 5.02 Å². The van der Waals surface area contributed by atoms with Crippen LogP contribution >= 0.6 is 23.5 Å². The molecule has 14 nitrogen and oxygen atoms in total. The molecule has 350 valence electrons. The SMILES string of the molecule is CCC(C(C)C)n1c(=O)c(Cl)cc2cnc(NC3CCN(SC4CCN(C5CC6(CCN(c7cc(C=O)c(C=O)cc7F)CC6)C5)CC4)CC3)nc21.CNC(=O)C(CCC=O)N(C)C. The van der Waals surface area contributed by atoms with Gasteiger partial charge in [0.15, 0.2) is 12.6 Å². The number of carbonyl (C=O) groups is 4. The lowest BCUT2D eigenvalue weighted by Gasteiger charge is -2.56. The first kappa shape index (κ1) is 49.5. The lowest BCUT2D eigenvalue weighted by Crippen LogP contribution is -2.56. The van der Waals surface area contributed by atoms with Crippen molar-refractivity contribution in [1.29, 1.82) is 0 Å². The van der Waals surface area contributed by atoms with Gasteiger partial charge in [-0.15, -0.1) is 0 Å². The highest BCUT2D eigenvalue weighted by Gasteiger charge is 2.48. The van der Waals surface area contributed by atoms with E-state index in [9.17, 15) is 28.4 Å². The van der Waals surface area contributed by atoms with Crippen molar-refractivity contribution in [2.24, 2.45) is 11.3 Å². The van der Waals surface area contributed by atoms with Crippen molar-refractivity contribution in [2.75, 3.05) is 70.6 Å². The molecule has 3 aliphatic heterocycles. The minimum Gasteiger partial charge on any atom is -0.369 e. The number of piperidine rings is 3. The predicted molar refractivity (Wildman–Crippen MR) is 254 cm³/mol. The van der Waals surface area contributed by atoms with Crippen LogP contribution < -0.4 is 21.1 Å². The summed E-state index contributed by atoms with van der Waals surface area (Å²) in [5.41, 5.74) is 1.57. The van der Waals surface area contributed by atoms with E-state index in [2.05, 4.69) is 45.6 Å². The molecule has 7 rings (SSSR count). The number of likely N-dealkylation sites (tertiary alicyclic amines) is 1. The van der Waals surface area contributed by atoms with Crippen molar-refractivity contribution in [2.45, 2.75) is 121 Å². The van der Waals surface area contributed by atoms with Crippen molar-refractivity contribution in [3.63, 3.8) is 0 Å². The Hall–Kier alpha value is -3.96. The summed E-state index contributed by atoms with van der Waals surface area (Å²) in [5.74, 6) is 0.359. The first-order chi connectivity index (χ1) is 30.7. The molecule has 3 saturated heterocycles. The number of fused-ring (bicyclic) bond motifs is 1. The molecule has 2 atom stereocenters. The zero-order chi connectivity index (χ0) is 46.1. The van der Waals surface area contributed by atoms with E-state index < -0.39 is 5.82 Å². The molecule has 1 saturated carbocycles. The summed E-state index contributed by atoms with van der Waals surface area (Å²) in [6.07, 6.45) is 14.5. The Bertz CT molecular complexity index is 2140. The van der Waals surface area contributed by atoms with E-state index in [4.69, 9.17) is 16.6 Å². The fourth-order valence-electron chi connectivity index (χ4n) is 10.1. The van der Waals surface area contributed by atoms with Gasteiger partial charge in [-0.2, -0.15) is 4.98 Å². The number of anilines is 2. The van der Waals surface area contributed by atoms with Gasteiger partial charge in [-0.25, -0.2) is 9.37 Å². The van der Waals surface area contributed by atoms with E-state index >= 15 is 0 Å². The van der Waals surface area contributed by atoms with Crippen LogP contribution in [0.3, 0.4) is 0 Å². The molecule has 5 heterocycles. The molecule has 0 radical (unpaired) electrons. The van der Waals surface area contributed by atoms with Crippen LogP contribution in [0.5, 0.6) is 0 Å². The lowest BCUT2D eigenvalue weighted by molar-refractivity contribution is -0.125. The first-order valence-corrected chi connectivity index (χ1v) is 24.3. The van der Waals surface area contributed by atoms with E-state index in [1.54, 1.807) is 23.9 Å². The average molecular weight is 925 g/mol. The van der Waals surface area contributed by atoms with Crippen molar-refractivity contribution in [3.8, 4) is 0 Å². The number of hydrogen-bond acceptors (Lipinski definition) is 13. The van der Waals surface area contributed by atoms with Gasteiger partial charge in [0.25, 0.3) is 5.56 Å². The molecule has 4 fully saturated rings. The number of nitrogens with one attached hydrogen (secondary N) is 2. The average Bonchev–Trinajstić information content (AvgIpc) is 3.28. The van der Waals surface area contributed by atoms with Gasteiger partial charge in [0.1, 0.15) is 22.8 Å². The lowest BCUT2D eigenvalue weighted by atomic mass is 9.59. The summed E-state index contributed by atoms with van der Waals surface area (Å²) in [6.45, 7) is 12.2. The smallest absolute Gasteiger partial charge is 0.271 e. The van der Waals surface area contributed by atoms with Gasteiger partial charge < -0.3 is 25.2 Å². The van der Waals surface area contributed by atoms with Gasteiger partial charge in [0.05, 0.1) is 11.7 Å². The zero-order valence-electron chi connectivity index (χ0n) is 38.4. The Morgan fingerprint density at radius 2 is 1.66 bits per heavy atom. The normalized spacial score (nSPS) is 19.8. The monoisotopic (exact) mass is 923 g/mol. The van der Waals surface area contributed by atoms with Crippen molar-refractivity contribution in [3.05, 3.63) is 56.7 Å². The number of rotatable bonds is 16. The van der Waals surface area contributed by atoms with E-state index in [0.29, 0.717) is 59.4 Å². The highest BCUT2D eigenvalue weighted by atomic mass is 35.5. The van der Waals surface area contributed by atoms with Gasteiger partial charge in [-0.05, 0) is 121 Å². The first-order valence-electron chi connectivity index (χ1n) is 23.0. The molecule has 1 aromatic carbocycles. The van der Waals surface area contributed by atoms with E-state index in [-0.39, 0.29) is 51.7 Å². The molecule has 3 aromatic rings. The van der Waals surface area contributed by atoms with Gasteiger partial charge >= 0.3 is 0 Å². The topological polar surface area (TPSA) is 153 Å². The highest BCUT2D eigenvalue weighted by molar-refractivity contribution is 7.97. The van der Waals surface area contributed by atoms with Crippen LogP contribution in [0.25, 0.3) is 11.0 Å². The maximum absolute atomic E-state index is 14.8. The van der Waals surface area contributed by atoms with Gasteiger partial charge in [-0.1, -0.05) is 44.3 Å². The molecular formula is C47H67ClFN9O5S. The van der Waals surface area contributed by atoms with E-state index in [0.717, 1.165) is 83.0 Å². The molecule has 2 unspecified atom stereocenters. The van der Waals surface area contributed by atoms with Crippen molar-refractivity contribution >= 4 is 71.0 Å². The number of benzene rings is 1. The number of carbonyl (C=O) groups excluding carboxylic acids is 4. The number of aromatic nitrogens is 3. The largest absolute Gasteiger partial charge is 0.369 e. The zero-order valence-corrected chi connectivity index (χ0v) is 39.9. The number of nitrogens with zero attached hydrogens (tertiary/aromatic N) is 7. The van der Waals surface area contributed by atoms with Crippen molar-refractivity contribution in [1.82, 2.24) is 34.0 Å². The molecule has 17 heteroatoms. The number of likely N-dealkylation sites (N-methyl/N-ethyl adjacent to an activating group) is 2. The second kappa shape index (κ2) is 22.5. The molecule has 2 N–H and O–H groups in total. The minimum atomic E-state index is -0.431. The predicted octanol–water partition coefficient (Wildman–Crippen LogP) is 6.90. The van der Waals surface area contributed by atoms with Gasteiger partial charge in [-0.3, -0.25) is 33.0 Å². The summed E-state index contributed by atoms with van der Waals surface area (Å²) < 4.78 is 19.1. The van der Waals surface area contributed by atoms with Crippen molar-refractivity contribution < 1.29 is 23.6 Å². The second-order valence-electron chi connectivity index (χ2n) is 18.6. The maximum Gasteiger partial charge on any atom is 0.271 e. The molecule has 4 aliphatic rings. The van der Waals surface area contributed by atoms with E-state index in [1.165, 1.54) is 37.8 Å². The van der Waals surface area contributed by atoms with E-state index in [1.807, 2.05) is 35.8 Å². The Labute approximate surface area is 386 Å². The van der Waals surface area contributed by atoms with Gasteiger partial charge in [0, 0.05) is 85.7 Å². The Balaban J connectivity index is 0.000000497. The third-order valence-electron chi connectivity index (χ3n) is 14.0. The third kappa shape index (κ3) is 11.7. The summed E-state index contributed by atoms with van der Waals surface area (Å²) in [4.78, 5) is 73.0. The van der Waals surface area contributed by atoms with Gasteiger partial charge in [0.2, 0.25) is 11.9 Å². The highest BCUT2D eigenvalue weighted by Crippen LogP contribution is 2.52. The maximum atomic E-state index is 14.8. The number of hydrogen-bond donors (Lipinski definition) is 2. The minimum absolute atomic E-state index is 0.00667. The molecule has 1 aliphatic carbocycles. The summed E-state index contributed by atoms with van der Waals surface area (Å²) in [5, 5.41) is 7.75. The number of aldehydes is 3. The number of halogens is 2. The second-order valence-corrected chi connectivity index (χ2v) is 20.4. The fraction of sp³-hybridized carbons (Fsp3) is 0.638. The quantitative estimate of drug-likeness (QED) is 0.113. The van der Waals surface area contributed by atoms with Crippen LogP contribution in [0.4, 0.5) is 16.0 Å². The Morgan fingerprint density at radius 3 is 2.23 bits per heavy atom. The molecule has 1 spiro atoms. The fourth-order valence-corrected chi connectivity index (χ4v) is 11.6. The Kier molecular flexibility index (Phi) is 17.4. The van der Waals surface area contributed by atoms with Crippen LogP contribution in [0.15, 0.2) is 29.2 Å². The number of pyridine rings is 1. The summed E-state index contributed by atoms with van der Waals surface area (Å²) in [7, 11) is 5.25. The molecular weight excluding hydrogens is 857 g/mol. The standard InChI is InChI=1S/C39H51ClFN7O3S.C8H16N2O2/c1-4-34(25(2)3)48-36-26(17-32(40)37(48)51)22-42-38(44-36)43-29-5-13-47(14-6-29)52-31-7-11-45(12-8-31)30-20-39(21-30)9-15-46(16-10-39)35-19-28(24-50)27(23-49)18-33(35)41;1-9-8(12)7(10(2)3)5-4-6-11/h17-19,22-25,29-31,34H,4-16,20-21H2,1-3H3,(H,42,43,44);6-7H,4-5H2,1-3H3,(H,9,12). The molecule has 0 bridgehead atoms. The van der Waals surface area contributed by atoms with Crippen LogP contribution in [0, 0.1) is 17.2 Å². The van der Waals surface area contributed by atoms with Crippen LogP contribution in [0.1, 0.15) is 118 Å².